The normalized spacial score (nSPS) is 22.7. The molecule has 2 aromatic carbocycles. The van der Waals surface area contributed by atoms with E-state index in [2.05, 4.69) is 0 Å². The first kappa shape index (κ1) is 42.6. The third-order valence-corrected chi connectivity index (χ3v) is 10.7. The Hall–Kier alpha value is -3.18. The van der Waals surface area contributed by atoms with Gasteiger partial charge in [0.05, 0.1) is 42.7 Å². The number of carbonyl (C=O) groups excluding carboxylic acids is 2. The van der Waals surface area contributed by atoms with Crippen molar-refractivity contribution in [2.45, 2.75) is 145 Å². The Morgan fingerprint density at radius 3 is 1.21 bits per heavy atom. The summed E-state index contributed by atoms with van der Waals surface area (Å²) in [5.41, 5.74) is 1.51. The zero-order valence-corrected chi connectivity index (χ0v) is 34.5. The summed E-state index contributed by atoms with van der Waals surface area (Å²) in [6.07, 6.45) is -2.47. The van der Waals surface area contributed by atoms with Gasteiger partial charge >= 0.3 is 11.9 Å². The van der Waals surface area contributed by atoms with Crippen LogP contribution in [0.4, 0.5) is 0 Å². The summed E-state index contributed by atoms with van der Waals surface area (Å²) in [6.45, 7) is 28.4. The van der Waals surface area contributed by atoms with Gasteiger partial charge in [0.1, 0.15) is 23.7 Å². The minimum absolute atomic E-state index is 0.208. The molecular formula is C43H64O10. The molecular weight excluding hydrogens is 676 g/mol. The molecule has 2 aliphatic heterocycles. The molecule has 2 N–H and O–H groups in total. The Kier molecular flexibility index (Phi) is 12.5. The number of aryl methyl sites for hydroxylation is 2. The number of benzene rings is 2. The van der Waals surface area contributed by atoms with Crippen molar-refractivity contribution < 1.29 is 48.2 Å². The van der Waals surface area contributed by atoms with Crippen LogP contribution in [0.3, 0.4) is 0 Å². The van der Waals surface area contributed by atoms with Crippen LogP contribution >= 0.6 is 0 Å². The van der Waals surface area contributed by atoms with E-state index in [1.54, 1.807) is 13.8 Å². The van der Waals surface area contributed by atoms with E-state index in [1.807, 2.05) is 107 Å². The monoisotopic (exact) mass is 740 g/mol. The van der Waals surface area contributed by atoms with E-state index in [-0.39, 0.29) is 73.5 Å². The molecule has 0 amide bonds. The number of ether oxygens (including phenoxy) is 6. The maximum atomic E-state index is 12.8. The Balaban J connectivity index is 1.55. The quantitative estimate of drug-likeness (QED) is 0.228. The largest absolute Gasteiger partial charge is 0.507 e. The molecule has 10 heteroatoms. The molecule has 0 bridgehead atoms. The third-order valence-electron chi connectivity index (χ3n) is 10.7. The highest BCUT2D eigenvalue weighted by Crippen LogP contribution is 2.49. The fraction of sp³-hybridized carbons (Fsp3) is 0.674. The van der Waals surface area contributed by atoms with Crippen LogP contribution in [0.15, 0.2) is 24.3 Å². The number of hydrogen-bond acceptors (Lipinski definition) is 10. The van der Waals surface area contributed by atoms with Crippen molar-refractivity contribution in [2.24, 2.45) is 16.2 Å². The van der Waals surface area contributed by atoms with Crippen LogP contribution in [0.25, 0.3) is 0 Å². The van der Waals surface area contributed by atoms with Gasteiger partial charge in [-0.25, -0.2) is 0 Å². The summed E-state index contributed by atoms with van der Waals surface area (Å²) in [4.78, 5) is 25.6. The van der Waals surface area contributed by atoms with Gasteiger partial charge in [-0.1, -0.05) is 83.1 Å². The highest BCUT2D eigenvalue weighted by Gasteiger charge is 2.52. The second kappa shape index (κ2) is 15.5. The number of hydrogen-bond donors (Lipinski definition) is 2. The molecule has 2 atom stereocenters. The molecule has 0 radical (unpaired) electrons. The van der Waals surface area contributed by atoms with Crippen molar-refractivity contribution in [2.75, 3.05) is 26.4 Å². The zero-order valence-electron chi connectivity index (χ0n) is 34.5. The predicted octanol–water partition coefficient (Wildman–Crippen LogP) is 8.78. The minimum Gasteiger partial charge on any atom is -0.507 e. The summed E-state index contributed by atoms with van der Waals surface area (Å²) in [6, 6.07) is 7.56. The van der Waals surface area contributed by atoms with Crippen LogP contribution in [-0.2, 0) is 48.8 Å². The minimum atomic E-state index is -0.823. The summed E-state index contributed by atoms with van der Waals surface area (Å²) < 4.78 is 38.1. The van der Waals surface area contributed by atoms with Crippen LogP contribution in [-0.4, -0.2) is 61.2 Å². The average Bonchev–Trinajstić information content (AvgIpc) is 3.07. The van der Waals surface area contributed by atoms with Crippen molar-refractivity contribution in [3.8, 4) is 11.5 Å². The summed E-state index contributed by atoms with van der Waals surface area (Å²) >= 11 is 0. The van der Waals surface area contributed by atoms with Crippen LogP contribution in [0.1, 0.15) is 142 Å². The van der Waals surface area contributed by atoms with E-state index in [0.717, 1.165) is 22.3 Å². The highest BCUT2D eigenvalue weighted by atomic mass is 16.7. The molecule has 0 saturated carbocycles. The van der Waals surface area contributed by atoms with E-state index in [0.29, 0.717) is 11.1 Å². The topological polar surface area (TPSA) is 130 Å². The molecule has 0 aliphatic carbocycles. The number of phenolic OH excluding ortho intramolecular Hbond substituents is 2. The summed E-state index contributed by atoms with van der Waals surface area (Å²) in [7, 11) is 0. The summed E-state index contributed by atoms with van der Waals surface area (Å²) in [5.74, 6) is -0.233. The van der Waals surface area contributed by atoms with Gasteiger partial charge in [0.2, 0.25) is 0 Å². The predicted molar refractivity (Wildman–Crippen MR) is 203 cm³/mol. The van der Waals surface area contributed by atoms with Gasteiger partial charge in [-0.15, -0.1) is 0 Å². The molecule has 2 unspecified atom stereocenters. The lowest BCUT2D eigenvalue weighted by Gasteiger charge is -2.50. The van der Waals surface area contributed by atoms with Crippen LogP contribution < -0.4 is 0 Å². The average molecular weight is 741 g/mol. The molecule has 2 saturated heterocycles. The van der Waals surface area contributed by atoms with Gasteiger partial charge in [-0.2, -0.15) is 0 Å². The first-order valence-electron chi connectivity index (χ1n) is 18.9. The number of aromatic hydroxyl groups is 2. The number of phenols is 2. The number of rotatable bonds is 10. The Morgan fingerprint density at radius 1 is 0.642 bits per heavy atom. The fourth-order valence-corrected chi connectivity index (χ4v) is 7.25. The first-order chi connectivity index (χ1) is 24.4. The first-order valence-corrected chi connectivity index (χ1v) is 18.9. The molecule has 2 heterocycles. The van der Waals surface area contributed by atoms with Crippen molar-refractivity contribution in [3.63, 3.8) is 0 Å². The number of carbonyl (C=O) groups is 2. The molecule has 4 rings (SSSR count). The summed E-state index contributed by atoms with van der Waals surface area (Å²) in [5, 5.41) is 21.8. The smallest absolute Gasteiger partial charge is 0.306 e. The lowest BCUT2D eigenvalue weighted by atomic mass is 9.77. The van der Waals surface area contributed by atoms with Gasteiger partial charge < -0.3 is 38.6 Å². The second-order valence-electron chi connectivity index (χ2n) is 18.5. The molecule has 0 aromatic heterocycles. The van der Waals surface area contributed by atoms with Gasteiger partial charge in [0.25, 0.3) is 0 Å². The Labute approximate surface area is 316 Å². The molecule has 1 spiro atoms. The maximum absolute atomic E-state index is 12.8. The maximum Gasteiger partial charge on any atom is 0.306 e. The van der Waals surface area contributed by atoms with Crippen LogP contribution in [0, 0.1) is 30.1 Å². The Bertz CT molecular complexity index is 1500. The van der Waals surface area contributed by atoms with Gasteiger partial charge in [0.15, 0.2) is 12.6 Å². The molecule has 296 valence electrons. The number of esters is 2. The lowest BCUT2D eigenvalue weighted by molar-refractivity contribution is -0.344. The van der Waals surface area contributed by atoms with Crippen molar-refractivity contribution >= 4 is 11.9 Å². The van der Waals surface area contributed by atoms with E-state index in [4.69, 9.17) is 28.4 Å². The van der Waals surface area contributed by atoms with Gasteiger partial charge in [0, 0.05) is 12.8 Å². The van der Waals surface area contributed by atoms with E-state index in [9.17, 15) is 19.8 Å². The Morgan fingerprint density at radius 2 is 0.943 bits per heavy atom. The zero-order chi connectivity index (χ0) is 39.9. The molecule has 53 heavy (non-hydrogen) atoms. The second-order valence-corrected chi connectivity index (χ2v) is 18.5. The standard InChI is InChI=1S/C43H64O10/c1-15-31(44)52-35(27-17-25(3)33(46)29(19-27)39(5,6)7)41(11,12)37-48-21-43(22-49-37)23-50-38(51-24-43)42(13,14)36(53-32(45)16-2)28-18-26(4)34(47)30(20-28)40(8,9)10/h17-20,35-38,46-47H,15-16,21-24H2,1-14H3. The molecule has 2 aromatic rings. The van der Waals surface area contributed by atoms with Crippen LogP contribution in [0.2, 0.25) is 0 Å². The molecule has 10 nitrogen and oxygen atoms in total. The van der Waals surface area contributed by atoms with Crippen LogP contribution in [0.5, 0.6) is 11.5 Å². The van der Waals surface area contributed by atoms with E-state index in [1.165, 1.54) is 0 Å². The fourth-order valence-electron chi connectivity index (χ4n) is 7.25. The molecule has 2 fully saturated rings. The van der Waals surface area contributed by atoms with Crippen molar-refractivity contribution in [1.82, 2.24) is 0 Å². The van der Waals surface area contributed by atoms with Gasteiger partial charge in [-0.3, -0.25) is 9.59 Å². The highest BCUT2D eigenvalue weighted by molar-refractivity contribution is 5.70. The van der Waals surface area contributed by atoms with Crippen molar-refractivity contribution in [1.29, 1.82) is 0 Å². The third kappa shape index (κ3) is 9.04. The van der Waals surface area contributed by atoms with E-state index >= 15 is 0 Å². The lowest BCUT2D eigenvalue weighted by Crippen LogP contribution is -2.57. The van der Waals surface area contributed by atoms with Crippen molar-refractivity contribution in [3.05, 3.63) is 57.6 Å². The van der Waals surface area contributed by atoms with Gasteiger partial charge in [-0.05, 0) is 82.3 Å². The van der Waals surface area contributed by atoms with E-state index < -0.39 is 41.0 Å². The SMILES string of the molecule is CCC(=O)OC(c1cc(C)c(O)c(C(C)(C)C)c1)C(C)(C)C1OCC2(CO1)COC(C(C)(C)C(OC(=O)CC)c1cc(C)c(O)c(C(C)(C)C)c1)OC2. The molecule has 2 aliphatic rings.